The lowest BCUT2D eigenvalue weighted by molar-refractivity contribution is -0.0944. The monoisotopic (exact) mass is 691 g/mol. The minimum Gasteiger partial charge on any atom is -0.497 e. The first-order chi connectivity index (χ1) is 24.1. The topological polar surface area (TPSA) is 113 Å². The first-order valence-corrected chi connectivity index (χ1v) is 15.4. The normalized spacial score (nSPS) is 18.1. The summed E-state index contributed by atoms with van der Waals surface area (Å²) in [5, 5.41) is 13.5. The van der Waals surface area contributed by atoms with Crippen molar-refractivity contribution in [1.29, 1.82) is 0 Å². The molecule has 7 rings (SSSR count). The molecule has 14 heteroatoms. The summed E-state index contributed by atoms with van der Waals surface area (Å²) in [6.45, 7) is -0.154. The van der Waals surface area contributed by atoms with Gasteiger partial charge in [0.25, 0.3) is 0 Å². The van der Waals surface area contributed by atoms with E-state index in [-0.39, 0.29) is 24.6 Å². The van der Waals surface area contributed by atoms with E-state index in [1.165, 1.54) is 0 Å². The van der Waals surface area contributed by atoms with E-state index in [0.29, 0.717) is 11.5 Å². The largest absolute Gasteiger partial charge is 0.497 e. The predicted octanol–water partition coefficient (Wildman–Crippen LogP) is 6.32. The molecule has 5 aromatic rings. The zero-order valence-corrected chi connectivity index (χ0v) is 26.5. The number of ether oxygens (including phenoxy) is 5. The highest BCUT2D eigenvalue weighted by Crippen LogP contribution is 2.46. The fourth-order valence-corrected chi connectivity index (χ4v) is 6.19. The molecule has 4 aromatic carbocycles. The Bertz CT molecular complexity index is 2050. The summed E-state index contributed by atoms with van der Waals surface area (Å²) in [6.07, 6.45) is -2.14. The number of rotatable bonds is 9. The van der Waals surface area contributed by atoms with Gasteiger partial charge in [-0.3, -0.25) is 4.57 Å². The van der Waals surface area contributed by atoms with Crippen molar-refractivity contribution in [1.82, 2.24) is 9.55 Å². The second-order valence-corrected chi connectivity index (χ2v) is 11.6. The van der Waals surface area contributed by atoms with E-state index >= 15 is 0 Å². The van der Waals surface area contributed by atoms with Crippen LogP contribution in [-0.4, -0.2) is 47.7 Å². The van der Waals surface area contributed by atoms with E-state index in [1.807, 2.05) is 78.9 Å². The molecule has 10 nitrogen and oxygen atoms in total. The number of anilines is 2. The Hall–Kier alpha value is -5.44. The van der Waals surface area contributed by atoms with Crippen LogP contribution in [0.4, 0.5) is 29.1 Å². The van der Waals surface area contributed by atoms with Crippen molar-refractivity contribution in [2.24, 2.45) is 0 Å². The maximum Gasteiger partial charge on any atom is 0.351 e. The number of aromatic nitrogens is 2. The second kappa shape index (κ2) is 13.1. The zero-order valence-electron chi connectivity index (χ0n) is 26.5. The lowest BCUT2D eigenvalue weighted by atomic mass is 9.80. The third-order valence-corrected chi connectivity index (χ3v) is 8.75. The fraction of sp³-hybridized carbons (Fsp3) is 0.222. The van der Waals surface area contributed by atoms with Crippen molar-refractivity contribution in [3.8, 4) is 23.0 Å². The van der Waals surface area contributed by atoms with Crippen LogP contribution < -0.4 is 25.2 Å². The maximum atomic E-state index is 14.5. The number of benzene rings is 4. The molecular formula is C36H29F4N3O7. The van der Waals surface area contributed by atoms with Gasteiger partial charge in [0.15, 0.2) is 29.0 Å². The lowest BCUT2D eigenvalue weighted by Gasteiger charge is -2.37. The average molecular weight is 692 g/mol. The minimum absolute atomic E-state index is 0.0787. The van der Waals surface area contributed by atoms with E-state index in [1.54, 1.807) is 14.2 Å². The van der Waals surface area contributed by atoms with Crippen LogP contribution in [0.5, 0.6) is 23.0 Å². The number of aliphatic hydroxyl groups is 1. The lowest BCUT2D eigenvalue weighted by Crippen LogP contribution is -2.38. The molecule has 0 unspecified atom stereocenters. The molecule has 2 aliphatic rings. The molecule has 0 aliphatic carbocycles. The molecular weight excluding hydrogens is 662 g/mol. The highest BCUT2D eigenvalue weighted by atomic mass is 19.2. The Kier molecular flexibility index (Phi) is 8.68. The molecule has 2 N–H and O–H groups in total. The van der Waals surface area contributed by atoms with Crippen molar-refractivity contribution >= 4 is 11.5 Å². The second-order valence-electron chi connectivity index (χ2n) is 11.6. The van der Waals surface area contributed by atoms with E-state index in [0.717, 1.165) is 27.5 Å². The van der Waals surface area contributed by atoms with Crippen LogP contribution in [0, 0.1) is 23.3 Å². The van der Waals surface area contributed by atoms with Gasteiger partial charge in [0.1, 0.15) is 35.1 Å². The van der Waals surface area contributed by atoms with Crippen LogP contribution in [0.25, 0.3) is 0 Å². The number of methoxy groups -OCH3 is 2. The first kappa shape index (κ1) is 33.1. The molecule has 258 valence electrons. The van der Waals surface area contributed by atoms with Gasteiger partial charge in [-0.2, -0.15) is 9.37 Å². The first-order valence-electron chi connectivity index (χ1n) is 15.4. The quantitative estimate of drug-likeness (QED) is 0.0778. The zero-order chi connectivity index (χ0) is 35.2. The molecule has 1 saturated heterocycles. The Morgan fingerprint density at radius 3 is 2.04 bits per heavy atom. The molecule has 0 radical (unpaired) electrons. The van der Waals surface area contributed by atoms with Gasteiger partial charge < -0.3 is 34.1 Å². The fourth-order valence-electron chi connectivity index (χ4n) is 6.19. The maximum absolute atomic E-state index is 14.5. The van der Waals surface area contributed by atoms with Crippen LogP contribution in [0.1, 0.15) is 29.3 Å². The van der Waals surface area contributed by atoms with Gasteiger partial charge in [-0.05, 0) is 41.0 Å². The highest BCUT2D eigenvalue weighted by Gasteiger charge is 2.42. The van der Waals surface area contributed by atoms with Gasteiger partial charge in [-0.15, -0.1) is 0 Å². The third kappa shape index (κ3) is 5.60. The van der Waals surface area contributed by atoms with Crippen molar-refractivity contribution in [3.05, 3.63) is 136 Å². The van der Waals surface area contributed by atoms with Gasteiger partial charge in [-0.1, -0.05) is 54.6 Å². The average Bonchev–Trinajstić information content (AvgIpc) is 3.53. The van der Waals surface area contributed by atoms with E-state index in [9.17, 15) is 27.5 Å². The number of halogens is 4. The van der Waals surface area contributed by atoms with Crippen LogP contribution in [0.2, 0.25) is 0 Å². The molecule has 1 fully saturated rings. The SMILES string of the molecule is COc1ccc(C(OC[C@H]2O[C@@H](n3cc4c(nc3=O)Nc3c(F)c(F)c(F)c(F)c3O4)C[C@@H]2O)(c2ccccc2)c2ccc(OC)cc2)cc1. The summed E-state index contributed by atoms with van der Waals surface area (Å²) in [7, 11) is 3.14. The molecule has 0 amide bonds. The van der Waals surface area contributed by atoms with E-state index < -0.39 is 64.4 Å². The summed E-state index contributed by atoms with van der Waals surface area (Å²) >= 11 is 0. The van der Waals surface area contributed by atoms with Crippen LogP contribution >= 0.6 is 0 Å². The standard InChI is InChI=1S/C36H29F4N3O7/c1-46-22-12-8-20(9-13-22)36(19-6-4-3-5-7-19,21-10-14-23(47-2)15-11-21)48-18-26-24(44)16-27(49-26)43-17-25-34(42-35(43)45)41-32-30(39)28(37)29(38)31(40)33(32)50-25/h3-15,17,24,26-27,44H,16,18H2,1-2H3,(H,41,42,45)/t24-,26+,27+/m0/s1. The number of hydrogen-bond acceptors (Lipinski definition) is 9. The van der Waals surface area contributed by atoms with Crippen molar-refractivity contribution in [2.45, 2.75) is 30.5 Å². The molecule has 3 atom stereocenters. The van der Waals surface area contributed by atoms with Crippen molar-refractivity contribution in [2.75, 3.05) is 26.1 Å². The van der Waals surface area contributed by atoms with Crippen molar-refractivity contribution in [3.63, 3.8) is 0 Å². The molecule has 0 spiro atoms. The number of aliphatic hydroxyl groups excluding tert-OH is 1. The molecule has 1 aromatic heterocycles. The molecule has 0 saturated carbocycles. The Balaban J connectivity index is 1.20. The summed E-state index contributed by atoms with van der Waals surface area (Å²) in [6, 6.07) is 24.3. The van der Waals surface area contributed by atoms with Crippen molar-refractivity contribution < 1.29 is 46.4 Å². The number of fused-ring (bicyclic) bond motifs is 2. The van der Waals surface area contributed by atoms with Gasteiger partial charge >= 0.3 is 5.69 Å². The third-order valence-electron chi connectivity index (χ3n) is 8.75. The number of nitrogens with zero attached hydrogens (tertiary/aromatic N) is 2. The smallest absolute Gasteiger partial charge is 0.351 e. The van der Waals surface area contributed by atoms with Gasteiger partial charge in [0.2, 0.25) is 11.6 Å². The summed E-state index contributed by atoms with van der Waals surface area (Å²) in [5.74, 6) is -7.94. The van der Waals surface area contributed by atoms with Gasteiger partial charge in [-0.25, -0.2) is 18.0 Å². The molecule has 3 heterocycles. The Morgan fingerprint density at radius 1 is 0.860 bits per heavy atom. The molecule has 0 bridgehead atoms. The van der Waals surface area contributed by atoms with Crippen LogP contribution in [0.15, 0.2) is 89.9 Å². The summed E-state index contributed by atoms with van der Waals surface area (Å²) < 4.78 is 86.8. The minimum atomic E-state index is -2.06. The van der Waals surface area contributed by atoms with E-state index in [4.69, 9.17) is 23.7 Å². The molecule has 2 aliphatic heterocycles. The predicted molar refractivity (Wildman–Crippen MR) is 171 cm³/mol. The Labute approximate surface area is 282 Å². The summed E-state index contributed by atoms with van der Waals surface area (Å²) in [5.41, 5.74) is -0.692. The Morgan fingerprint density at radius 2 is 1.44 bits per heavy atom. The van der Waals surface area contributed by atoms with Gasteiger partial charge in [0, 0.05) is 6.42 Å². The summed E-state index contributed by atoms with van der Waals surface area (Å²) in [4.78, 5) is 16.9. The number of hydrogen-bond donors (Lipinski definition) is 2. The molecule has 50 heavy (non-hydrogen) atoms. The highest BCUT2D eigenvalue weighted by molar-refractivity contribution is 5.73. The van der Waals surface area contributed by atoms with Crippen LogP contribution in [-0.2, 0) is 15.1 Å². The van der Waals surface area contributed by atoms with Crippen LogP contribution in [0.3, 0.4) is 0 Å². The van der Waals surface area contributed by atoms with E-state index in [2.05, 4.69) is 10.3 Å². The number of nitrogens with one attached hydrogen (secondary N) is 1. The van der Waals surface area contributed by atoms with Gasteiger partial charge in [0.05, 0.1) is 33.1 Å².